The fourth-order valence-electron chi connectivity index (χ4n) is 2.09. The average Bonchev–Trinajstić information content (AvgIpc) is 2.85. The topological polar surface area (TPSA) is 76.2 Å². The fourth-order valence-corrected chi connectivity index (χ4v) is 2.09. The van der Waals surface area contributed by atoms with E-state index in [1.807, 2.05) is 39.0 Å². The van der Waals surface area contributed by atoms with Gasteiger partial charge in [-0.25, -0.2) is 9.78 Å². The monoisotopic (exact) mass is 317 g/mol. The molecule has 0 aliphatic carbocycles. The molecule has 23 heavy (non-hydrogen) atoms. The van der Waals surface area contributed by atoms with E-state index in [9.17, 15) is 4.79 Å². The number of imidazole rings is 1. The van der Waals surface area contributed by atoms with Gasteiger partial charge < -0.3 is 19.8 Å². The Labute approximate surface area is 135 Å². The van der Waals surface area contributed by atoms with Crippen molar-refractivity contribution in [3.05, 3.63) is 36.2 Å². The zero-order chi connectivity index (χ0) is 17.0. The zero-order valence-electron chi connectivity index (χ0n) is 14.0. The molecule has 2 rings (SSSR count). The predicted molar refractivity (Wildman–Crippen MR) is 90.1 cm³/mol. The Morgan fingerprint density at radius 3 is 2.78 bits per heavy atom. The van der Waals surface area contributed by atoms with E-state index in [2.05, 4.69) is 21.9 Å². The summed E-state index contributed by atoms with van der Waals surface area (Å²) in [6.45, 7) is 10.2. The molecule has 1 heterocycles. The minimum Gasteiger partial charge on any atom is -0.444 e. The van der Waals surface area contributed by atoms with Crippen LogP contribution in [-0.2, 0) is 16.0 Å². The summed E-state index contributed by atoms with van der Waals surface area (Å²) in [7, 11) is 1.64. The van der Waals surface area contributed by atoms with E-state index in [0.29, 0.717) is 12.4 Å². The molecule has 0 aliphatic heterocycles. The van der Waals surface area contributed by atoms with Crippen LogP contribution in [-0.4, -0.2) is 35.4 Å². The van der Waals surface area contributed by atoms with E-state index in [0.717, 1.165) is 22.2 Å². The van der Waals surface area contributed by atoms with Crippen molar-refractivity contribution in [3.8, 4) is 0 Å². The Hall–Kier alpha value is -2.34. The van der Waals surface area contributed by atoms with Crippen molar-refractivity contribution < 1.29 is 14.3 Å². The first-order valence-electron chi connectivity index (χ1n) is 7.41. The number of carbonyl (C=O) groups excluding carboxylic acids is 1. The number of carbonyl (C=O) groups is 1. The van der Waals surface area contributed by atoms with Crippen molar-refractivity contribution in [2.45, 2.75) is 32.9 Å². The number of nitrogens with zero attached hydrogens (tertiary/aromatic N) is 1. The van der Waals surface area contributed by atoms with E-state index in [1.54, 1.807) is 7.11 Å². The summed E-state index contributed by atoms with van der Waals surface area (Å²) in [6, 6.07) is 5.84. The molecule has 1 aromatic carbocycles. The van der Waals surface area contributed by atoms with Crippen LogP contribution >= 0.6 is 0 Å². The molecular weight excluding hydrogens is 294 g/mol. The fraction of sp³-hybridized carbons (Fsp3) is 0.412. The van der Waals surface area contributed by atoms with Gasteiger partial charge in [-0.05, 0) is 44.0 Å². The molecule has 2 aromatic rings. The second-order valence-electron chi connectivity index (χ2n) is 6.31. The van der Waals surface area contributed by atoms with Crippen LogP contribution in [0.25, 0.3) is 16.6 Å². The van der Waals surface area contributed by atoms with Gasteiger partial charge in [-0.15, -0.1) is 0 Å². The molecule has 1 aromatic heterocycles. The lowest BCUT2D eigenvalue weighted by atomic mass is 10.1. The number of methoxy groups -OCH3 is 1. The SMILES string of the molecule is C=C(COC)c1ccc2nc(CNC(=O)OC(C)(C)C)[nH]c2c1. The van der Waals surface area contributed by atoms with Crippen LogP contribution in [0.1, 0.15) is 32.2 Å². The second kappa shape index (κ2) is 6.83. The summed E-state index contributed by atoms with van der Waals surface area (Å²) in [6.07, 6.45) is -0.466. The number of amides is 1. The number of benzene rings is 1. The molecule has 0 atom stereocenters. The smallest absolute Gasteiger partial charge is 0.408 e. The van der Waals surface area contributed by atoms with E-state index >= 15 is 0 Å². The number of hydrogen-bond acceptors (Lipinski definition) is 4. The molecule has 6 heteroatoms. The Morgan fingerprint density at radius 1 is 1.39 bits per heavy atom. The summed E-state index contributed by atoms with van der Waals surface area (Å²) in [5, 5.41) is 2.68. The van der Waals surface area contributed by atoms with Crippen LogP contribution < -0.4 is 5.32 Å². The van der Waals surface area contributed by atoms with Crippen molar-refractivity contribution in [2.24, 2.45) is 0 Å². The maximum absolute atomic E-state index is 11.7. The number of hydrogen-bond donors (Lipinski definition) is 2. The lowest BCUT2D eigenvalue weighted by Crippen LogP contribution is -2.32. The third-order valence-corrected chi connectivity index (χ3v) is 3.06. The maximum Gasteiger partial charge on any atom is 0.408 e. The standard InChI is InChI=1S/C17H23N3O3/c1-11(10-22-5)12-6-7-13-14(8-12)20-15(19-13)9-18-16(21)23-17(2,3)4/h6-8H,1,9-10H2,2-5H3,(H,18,21)(H,19,20). The van der Waals surface area contributed by atoms with Gasteiger partial charge in [0.05, 0.1) is 24.2 Å². The number of alkyl carbamates (subject to hydrolysis) is 1. The van der Waals surface area contributed by atoms with Gasteiger partial charge in [-0.3, -0.25) is 0 Å². The van der Waals surface area contributed by atoms with Crippen LogP contribution in [0.3, 0.4) is 0 Å². The summed E-state index contributed by atoms with van der Waals surface area (Å²) >= 11 is 0. The summed E-state index contributed by atoms with van der Waals surface area (Å²) in [5.74, 6) is 0.667. The van der Waals surface area contributed by atoms with Crippen molar-refractivity contribution in [3.63, 3.8) is 0 Å². The molecule has 0 unspecified atom stereocenters. The zero-order valence-corrected chi connectivity index (χ0v) is 14.0. The third kappa shape index (κ3) is 4.82. The molecular formula is C17H23N3O3. The van der Waals surface area contributed by atoms with Gasteiger partial charge in [0.25, 0.3) is 0 Å². The van der Waals surface area contributed by atoms with Crippen molar-refractivity contribution >= 4 is 22.7 Å². The molecule has 2 N–H and O–H groups in total. The van der Waals surface area contributed by atoms with Crippen LogP contribution in [0.5, 0.6) is 0 Å². The highest BCUT2D eigenvalue weighted by atomic mass is 16.6. The molecule has 124 valence electrons. The second-order valence-corrected chi connectivity index (χ2v) is 6.31. The van der Waals surface area contributed by atoms with E-state index < -0.39 is 11.7 Å². The van der Waals surface area contributed by atoms with Crippen molar-refractivity contribution in [1.82, 2.24) is 15.3 Å². The highest BCUT2D eigenvalue weighted by Crippen LogP contribution is 2.19. The molecule has 0 spiro atoms. The quantitative estimate of drug-likeness (QED) is 0.887. The highest BCUT2D eigenvalue weighted by molar-refractivity contribution is 5.80. The van der Waals surface area contributed by atoms with Gasteiger partial charge in [0.15, 0.2) is 0 Å². The first kappa shape index (κ1) is 17.0. The van der Waals surface area contributed by atoms with Crippen molar-refractivity contribution in [1.29, 1.82) is 0 Å². The molecule has 6 nitrogen and oxygen atoms in total. The van der Waals surface area contributed by atoms with Gasteiger partial charge in [0.1, 0.15) is 11.4 Å². The number of ether oxygens (including phenoxy) is 2. The molecule has 0 aliphatic rings. The highest BCUT2D eigenvalue weighted by Gasteiger charge is 2.16. The normalized spacial score (nSPS) is 11.5. The molecule has 0 saturated heterocycles. The van der Waals surface area contributed by atoms with E-state index in [1.165, 1.54) is 0 Å². The molecule has 0 fully saturated rings. The Kier molecular flexibility index (Phi) is 5.05. The van der Waals surface area contributed by atoms with E-state index in [-0.39, 0.29) is 6.54 Å². The van der Waals surface area contributed by atoms with E-state index in [4.69, 9.17) is 9.47 Å². The lowest BCUT2D eigenvalue weighted by molar-refractivity contribution is 0.0522. The first-order valence-corrected chi connectivity index (χ1v) is 7.41. The summed E-state index contributed by atoms with van der Waals surface area (Å²) < 4.78 is 10.3. The van der Waals surface area contributed by atoms with Crippen LogP contribution in [0.15, 0.2) is 24.8 Å². The van der Waals surface area contributed by atoms with Gasteiger partial charge in [-0.2, -0.15) is 0 Å². The van der Waals surface area contributed by atoms with Crippen LogP contribution in [0.2, 0.25) is 0 Å². The van der Waals surface area contributed by atoms with Crippen LogP contribution in [0.4, 0.5) is 4.79 Å². The third-order valence-electron chi connectivity index (χ3n) is 3.06. The van der Waals surface area contributed by atoms with Gasteiger partial charge in [0.2, 0.25) is 0 Å². The first-order chi connectivity index (χ1) is 10.8. The number of aromatic nitrogens is 2. The number of H-pyrrole nitrogens is 1. The Morgan fingerprint density at radius 2 is 2.13 bits per heavy atom. The summed E-state index contributed by atoms with van der Waals surface area (Å²) in [4.78, 5) is 19.3. The van der Waals surface area contributed by atoms with Crippen LogP contribution in [0, 0.1) is 0 Å². The largest absolute Gasteiger partial charge is 0.444 e. The average molecular weight is 317 g/mol. The minimum absolute atomic E-state index is 0.276. The van der Waals surface area contributed by atoms with Gasteiger partial charge in [0, 0.05) is 7.11 Å². The summed E-state index contributed by atoms with van der Waals surface area (Å²) in [5.41, 5.74) is 3.10. The number of fused-ring (bicyclic) bond motifs is 1. The molecule has 1 amide bonds. The molecule has 0 bridgehead atoms. The molecule has 0 saturated carbocycles. The van der Waals surface area contributed by atoms with Crippen molar-refractivity contribution in [2.75, 3.05) is 13.7 Å². The predicted octanol–water partition coefficient (Wildman–Crippen LogP) is 3.25. The Balaban J connectivity index is 2.05. The van der Waals surface area contributed by atoms with Gasteiger partial charge in [-0.1, -0.05) is 12.6 Å². The minimum atomic E-state index is -0.519. The van der Waals surface area contributed by atoms with Gasteiger partial charge >= 0.3 is 6.09 Å². The lowest BCUT2D eigenvalue weighted by Gasteiger charge is -2.19. The molecule has 0 radical (unpaired) electrons. The number of rotatable bonds is 5. The number of nitrogens with one attached hydrogen (secondary N) is 2. The Bertz CT molecular complexity index is 713. The number of aromatic amines is 1. The maximum atomic E-state index is 11.7.